The highest BCUT2D eigenvalue weighted by Gasteiger charge is 2.32. The van der Waals surface area contributed by atoms with E-state index in [0.29, 0.717) is 6.61 Å². The van der Waals surface area contributed by atoms with Crippen LogP contribution in [0.4, 0.5) is 0 Å². The molecule has 0 radical (unpaired) electrons. The van der Waals surface area contributed by atoms with Crippen LogP contribution in [0, 0.1) is 0 Å². The second-order valence-corrected chi connectivity index (χ2v) is 6.96. The Kier molecular flexibility index (Phi) is 5.09. The van der Waals surface area contributed by atoms with E-state index < -0.39 is 8.80 Å². The van der Waals surface area contributed by atoms with Crippen molar-refractivity contribution in [2.75, 3.05) is 48.5 Å². The molecular formula is C8H22NO3Si+. The predicted octanol–water partition coefficient (Wildman–Crippen LogP) is 0.571. The lowest BCUT2D eigenvalue weighted by Gasteiger charge is -2.27. The number of likely N-dealkylation sites (N-methyl/N-ethyl adjacent to an activating group) is 1. The normalized spacial score (nSPS) is 13.4. The van der Waals surface area contributed by atoms with Crippen LogP contribution in [-0.4, -0.2) is 61.8 Å². The molecule has 0 aliphatic carbocycles. The number of rotatable bonds is 6. The molecule has 0 atom stereocenters. The molecule has 0 unspecified atom stereocenters. The fourth-order valence-electron chi connectivity index (χ4n) is 0.706. The van der Waals surface area contributed by atoms with Gasteiger partial charge in [-0.15, -0.1) is 0 Å². The summed E-state index contributed by atoms with van der Waals surface area (Å²) < 4.78 is 16.8. The van der Waals surface area contributed by atoms with Gasteiger partial charge in [-0.2, -0.15) is 0 Å². The third-order valence-electron chi connectivity index (χ3n) is 1.87. The van der Waals surface area contributed by atoms with Crippen LogP contribution in [0.15, 0.2) is 0 Å². The zero-order valence-corrected chi connectivity index (χ0v) is 10.6. The number of quaternary nitrogens is 1. The first-order chi connectivity index (χ1) is 5.83. The van der Waals surface area contributed by atoms with Crippen LogP contribution < -0.4 is 0 Å². The van der Waals surface area contributed by atoms with Crippen LogP contribution in [0.2, 0.25) is 6.55 Å². The van der Waals surface area contributed by atoms with E-state index in [-0.39, 0.29) is 0 Å². The van der Waals surface area contributed by atoms with Gasteiger partial charge in [-0.05, 0) is 0 Å². The van der Waals surface area contributed by atoms with Crippen LogP contribution in [0.3, 0.4) is 0 Å². The standard InChI is InChI=1S/C8H22NO3Si/c1-9(2,3)7-8-12-13(6,10-4)11-5/h7-8H2,1-6H3/q+1. The van der Waals surface area contributed by atoms with Crippen LogP contribution in [0.1, 0.15) is 0 Å². The molecule has 0 bridgehead atoms. The molecule has 80 valence electrons. The van der Waals surface area contributed by atoms with E-state index in [9.17, 15) is 0 Å². The summed E-state index contributed by atoms with van der Waals surface area (Å²) >= 11 is 0. The molecule has 4 nitrogen and oxygen atoms in total. The van der Waals surface area contributed by atoms with E-state index in [1.54, 1.807) is 14.2 Å². The highest BCUT2D eigenvalue weighted by molar-refractivity contribution is 6.59. The molecule has 0 heterocycles. The molecule has 13 heavy (non-hydrogen) atoms. The highest BCUT2D eigenvalue weighted by Crippen LogP contribution is 2.06. The van der Waals surface area contributed by atoms with Gasteiger partial charge < -0.3 is 17.8 Å². The van der Waals surface area contributed by atoms with Gasteiger partial charge in [0, 0.05) is 20.8 Å². The van der Waals surface area contributed by atoms with E-state index in [1.807, 2.05) is 6.55 Å². The van der Waals surface area contributed by atoms with Crippen LogP contribution in [0.5, 0.6) is 0 Å². The summed E-state index contributed by atoms with van der Waals surface area (Å²) in [6.45, 7) is 3.52. The Morgan fingerprint density at radius 3 is 1.85 bits per heavy atom. The van der Waals surface area contributed by atoms with Crippen LogP contribution >= 0.6 is 0 Å². The van der Waals surface area contributed by atoms with Crippen molar-refractivity contribution in [3.8, 4) is 0 Å². The molecule has 0 saturated carbocycles. The molecule has 0 aromatic carbocycles. The zero-order chi connectivity index (χ0) is 10.5. The minimum atomic E-state index is -2.31. The maximum atomic E-state index is 5.58. The van der Waals surface area contributed by atoms with E-state index in [0.717, 1.165) is 11.0 Å². The molecule has 0 amide bonds. The minimum Gasteiger partial charge on any atom is -0.377 e. The quantitative estimate of drug-likeness (QED) is 0.472. The predicted molar refractivity (Wildman–Crippen MR) is 54.5 cm³/mol. The molecule has 5 heteroatoms. The van der Waals surface area contributed by atoms with Gasteiger partial charge in [0.25, 0.3) is 0 Å². The molecule has 0 N–H and O–H groups in total. The fourth-order valence-corrected chi connectivity index (χ4v) is 1.57. The van der Waals surface area contributed by atoms with Crippen molar-refractivity contribution in [3.63, 3.8) is 0 Å². The molecular weight excluding hydrogens is 186 g/mol. The summed E-state index contributed by atoms with van der Waals surface area (Å²) in [6.07, 6.45) is 0. The van der Waals surface area contributed by atoms with Gasteiger partial charge in [-0.25, -0.2) is 0 Å². The average Bonchev–Trinajstić information content (AvgIpc) is 2.02. The summed E-state index contributed by atoms with van der Waals surface area (Å²) in [6, 6.07) is 0. The lowest BCUT2D eigenvalue weighted by atomic mass is 10.5. The maximum Gasteiger partial charge on any atom is 0.497 e. The number of hydrogen-bond donors (Lipinski definition) is 0. The van der Waals surface area contributed by atoms with E-state index in [4.69, 9.17) is 13.3 Å². The summed E-state index contributed by atoms with van der Waals surface area (Å²) in [7, 11) is 7.33. The van der Waals surface area contributed by atoms with Gasteiger partial charge >= 0.3 is 8.80 Å². The van der Waals surface area contributed by atoms with E-state index in [2.05, 4.69) is 21.1 Å². The van der Waals surface area contributed by atoms with Crippen molar-refractivity contribution in [2.24, 2.45) is 0 Å². The molecule has 0 fully saturated rings. The molecule has 0 spiro atoms. The Bertz CT molecular complexity index is 143. The van der Waals surface area contributed by atoms with E-state index >= 15 is 0 Å². The molecule has 0 aliphatic rings. The van der Waals surface area contributed by atoms with Crippen molar-refractivity contribution in [1.29, 1.82) is 0 Å². The molecule has 0 rings (SSSR count). The van der Waals surface area contributed by atoms with Gasteiger partial charge in [0.05, 0.1) is 27.7 Å². The van der Waals surface area contributed by atoms with Crippen LogP contribution in [0.25, 0.3) is 0 Å². The van der Waals surface area contributed by atoms with Gasteiger partial charge in [0.1, 0.15) is 6.54 Å². The first-order valence-corrected chi connectivity index (χ1v) is 6.60. The monoisotopic (exact) mass is 208 g/mol. The first kappa shape index (κ1) is 13.1. The van der Waals surface area contributed by atoms with Gasteiger partial charge in [-0.1, -0.05) is 0 Å². The fraction of sp³-hybridized carbons (Fsp3) is 1.00. The topological polar surface area (TPSA) is 27.7 Å². The maximum absolute atomic E-state index is 5.58. The Labute approximate surface area is 82.4 Å². The third-order valence-corrected chi connectivity index (χ3v) is 4.08. The number of nitrogens with zero attached hydrogens (tertiary/aromatic N) is 1. The van der Waals surface area contributed by atoms with Gasteiger partial charge in [-0.3, -0.25) is 0 Å². The van der Waals surface area contributed by atoms with Crippen LogP contribution in [-0.2, 0) is 13.3 Å². The first-order valence-electron chi connectivity index (χ1n) is 4.38. The summed E-state index contributed by atoms with van der Waals surface area (Å²) in [5, 5.41) is 0. The van der Waals surface area contributed by atoms with Crippen molar-refractivity contribution < 1.29 is 17.8 Å². The third kappa shape index (κ3) is 6.17. The van der Waals surface area contributed by atoms with Crippen molar-refractivity contribution in [3.05, 3.63) is 0 Å². The summed E-state index contributed by atoms with van der Waals surface area (Å²) in [4.78, 5) is 0. The minimum absolute atomic E-state index is 0.675. The Morgan fingerprint density at radius 2 is 1.54 bits per heavy atom. The molecule has 0 aromatic rings. The van der Waals surface area contributed by atoms with Gasteiger partial charge in [0.2, 0.25) is 0 Å². The van der Waals surface area contributed by atoms with E-state index in [1.165, 1.54) is 0 Å². The highest BCUT2D eigenvalue weighted by atomic mass is 28.4. The Morgan fingerprint density at radius 1 is 1.08 bits per heavy atom. The lowest BCUT2D eigenvalue weighted by molar-refractivity contribution is -0.870. The molecule has 0 saturated heterocycles. The smallest absolute Gasteiger partial charge is 0.377 e. The Hall–Kier alpha value is 0.0569. The SMILES string of the molecule is CO[Si](C)(OC)OCC[N+](C)(C)C. The van der Waals surface area contributed by atoms with Gasteiger partial charge in [0.15, 0.2) is 0 Å². The van der Waals surface area contributed by atoms with Crippen molar-refractivity contribution in [1.82, 2.24) is 0 Å². The average molecular weight is 208 g/mol. The lowest BCUT2D eigenvalue weighted by Crippen LogP contribution is -2.44. The second-order valence-electron chi connectivity index (χ2n) is 4.13. The summed E-state index contributed by atoms with van der Waals surface area (Å²) in [5.41, 5.74) is 0. The van der Waals surface area contributed by atoms with Crippen molar-refractivity contribution >= 4 is 8.80 Å². The Balaban J connectivity index is 3.74. The molecule has 0 aliphatic heterocycles. The van der Waals surface area contributed by atoms with Crippen molar-refractivity contribution in [2.45, 2.75) is 6.55 Å². The largest absolute Gasteiger partial charge is 0.497 e. The zero-order valence-electron chi connectivity index (χ0n) is 9.59. The summed E-state index contributed by atoms with van der Waals surface area (Å²) in [5.74, 6) is 0. The second kappa shape index (κ2) is 5.07. The number of hydrogen-bond acceptors (Lipinski definition) is 3. The molecule has 0 aromatic heterocycles.